The summed E-state index contributed by atoms with van der Waals surface area (Å²) in [7, 11) is 0. The van der Waals surface area contributed by atoms with E-state index in [9.17, 15) is 19.5 Å². The number of carboxylic acid groups (broad SMARTS) is 1. The summed E-state index contributed by atoms with van der Waals surface area (Å²) in [5.74, 6) is -0.906. The van der Waals surface area contributed by atoms with Crippen molar-refractivity contribution in [3.63, 3.8) is 0 Å². The zero-order chi connectivity index (χ0) is 17.0. The molecule has 2 rings (SSSR count). The molecule has 1 aromatic rings. The van der Waals surface area contributed by atoms with Gasteiger partial charge in [-0.2, -0.15) is 11.3 Å². The maximum atomic E-state index is 12.6. The first-order valence-electron chi connectivity index (χ1n) is 7.56. The van der Waals surface area contributed by atoms with Crippen molar-refractivity contribution in [1.29, 1.82) is 0 Å². The minimum atomic E-state index is -0.947. The third-order valence-corrected chi connectivity index (χ3v) is 5.82. The number of carbonyl (C=O) groups is 3. The van der Waals surface area contributed by atoms with Crippen LogP contribution in [-0.4, -0.2) is 45.3 Å². The highest BCUT2D eigenvalue weighted by Crippen LogP contribution is 2.29. The first kappa shape index (κ1) is 18.0. The highest BCUT2D eigenvalue weighted by Gasteiger charge is 2.40. The topological polar surface area (TPSA) is 74.7 Å². The van der Waals surface area contributed by atoms with Crippen LogP contribution in [0.2, 0.25) is 0 Å². The second kappa shape index (κ2) is 7.97. The largest absolute Gasteiger partial charge is 0.480 e. The summed E-state index contributed by atoms with van der Waals surface area (Å²) in [4.78, 5) is 36.6. The van der Waals surface area contributed by atoms with E-state index in [1.165, 1.54) is 17.4 Å². The summed E-state index contributed by atoms with van der Waals surface area (Å²) < 4.78 is 0. The molecule has 1 fully saturated rings. The summed E-state index contributed by atoms with van der Waals surface area (Å²) in [5, 5.41) is 13.5. The van der Waals surface area contributed by atoms with Crippen LogP contribution in [0.1, 0.15) is 25.8 Å². The molecule has 1 aliphatic heterocycles. The van der Waals surface area contributed by atoms with E-state index in [2.05, 4.69) is 5.38 Å². The lowest BCUT2D eigenvalue weighted by Gasteiger charge is -2.24. The van der Waals surface area contributed by atoms with Crippen LogP contribution in [0.3, 0.4) is 0 Å². The molecule has 1 N–H and O–H groups in total. The third-order valence-electron chi connectivity index (χ3n) is 4.02. The molecule has 2 unspecified atom stereocenters. The van der Waals surface area contributed by atoms with Gasteiger partial charge in [-0.1, -0.05) is 18.7 Å². The molecular formula is C16H21NO4S2. The molecule has 23 heavy (non-hydrogen) atoms. The van der Waals surface area contributed by atoms with Crippen LogP contribution >= 0.6 is 23.1 Å². The maximum Gasteiger partial charge on any atom is 0.326 e. The van der Waals surface area contributed by atoms with Crippen LogP contribution in [0.25, 0.3) is 0 Å². The van der Waals surface area contributed by atoms with E-state index in [1.807, 2.05) is 11.4 Å². The van der Waals surface area contributed by atoms with Crippen LogP contribution in [0.4, 0.5) is 0 Å². The lowest BCUT2D eigenvalue weighted by atomic mass is 9.98. The van der Waals surface area contributed by atoms with E-state index < -0.39 is 12.0 Å². The lowest BCUT2D eigenvalue weighted by Crippen LogP contribution is -2.43. The van der Waals surface area contributed by atoms with Gasteiger partial charge in [0.1, 0.15) is 6.04 Å². The average Bonchev–Trinajstić information content (AvgIpc) is 3.13. The zero-order valence-corrected chi connectivity index (χ0v) is 14.9. The molecule has 1 saturated heterocycles. The molecule has 0 aliphatic carbocycles. The van der Waals surface area contributed by atoms with Crippen molar-refractivity contribution in [3.8, 4) is 0 Å². The van der Waals surface area contributed by atoms with Crippen molar-refractivity contribution in [1.82, 2.24) is 4.90 Å². The number of nitrogens with zero attached hydrogens (tertiary/aromatic N) is 1. The number of carbonyl (C=O) groups excluding carboxylic acids is 2. The average molecular weight is 355 g/mol. The van der Waals surface area contributed by atoms with Crippen LogP contribution in [0.5, 0.6) is 0 Å². The van der Waals surface area contributed by atoms with Gasteiger partial charge in [0.2, 0.25) is 5.91 Å². The Kier molecular flexibility index (Phi) is 6.24. The Morgan fingerprint density at radius 1 is 1.48 bits per heavy atom. The highest BCUT2D eigenvalue weighted by molar-refractivity contribution is 8.13. The number of likely N-dealkylation sites (tertiary alicyclic amines) is 1. The van der Waals surface area contributed by atoms with Gasteiger partial charge in [0, 0.05) is 25.1 Å². The van der Waals surface area contributed by atoms with E-state index in [0.717, 1.165) is 18.2 Å². The number of rotatable bonds is 6. The predicted molar refractivity (Wildman–Crippen MR) is 91.6 cm³/mol. The molecule has 5 nitrogen and oxygen atoms in total. The Morgan fingerprint density at radius 3 is 2.78 bits per heavy atom. The van der Waals surface area contributed by atoms with Gasteiger partial charge < -0.3 is 10.0 Å². The van der Waals surface area contributed by atoms with Crippen molar-refractivity contribution >= 4 is 40.1 Å². The summed E-state index contributed by atoms with van der Waals surface area (Å²) in [6.45, 7) is 3.69. The molecule has 0 saturated carbocycles. The van der Waals surface area contributed by atoms with Gasteiger partial charge in [-0.15, -0.1) is 0 Å². The Hall–Kier alpha value is -1.34. The normalized spacial score (nSPS) is 22.1. The second-order valence-electron chi connectivity index (χ2n) is 5.99. The fourth-order valence-electron chi connectivity index (χ4n) is 2.89. The fourth-order valence-corrected chi connectivity index (χ4v) is 4.20. The molecule has 7 heteroatoms. The SMILES string of the molecule is CC(=O)SCC(C)C(=O)N1CC(Cc2ccsc2)C[C@H]1C(=O)O. The third kappa shape index (κ3) is 4.81. The van der Waals surface area contributed by atoms with E-state index in [4.69, 9.17) is 0 Å². The molecular weight excluding hydrogens is 334 g/mol. The minimum absolute atomic E-state index is 0.0313. The van der Waals surface area contributed by atoms with E-state index in [1.54, 1.807) is 18.3 Å². The van der Waals surface area contributed by atoms with Gasteiger partial charge in [0.15, 0.2) is 5.12 Å². The molecule has 0 radical (unpaired) electrons. The summed E-state index contributed by atoms with van der Waals surface area (Å²) in [6, 6.07) is 1.28. The molecule has 1 amide bonds. The molecule has 0 aromatic carbocycles. The van der Waals surface area contributed by atoms with Gasteiger partial charge in [-0.3, -0.25) is 9.59 Å². The Bertz CT molecular complexity index is 573. The first-order valence-corrected chi connectivity index (χ1v) is 9.49. The number of thioether (sulfide) groups is 1. The van der Waals surface area contributed by atoms with E-state index in [0.29, 0.717) is 18.7 Å². The summed E-state index contributed by atoms with van der Waals surface area (Å²) in [5.41, 5.74) is 1.19. The zero-order valence-electron chi connectivity index (χ0n) is 13.2. The molecule has 0 spiro atoms. The van der Waals surface area contributed by atoms with Gasteiger partial charge >= 0.3 is 5.97 Å². The fraction of sp³-hybridized carbons (Fsp3) is 0.562. The molecule has 126 valence electrons. The first-order chi connectivity index (χ1) is 10.9. The maximum absolute atomic E-state index is 12.6. The van der Waals surface area contributed by atoms with Crippen molar-refractivity contribution in [2.75, 3.05) is 12.3 Å². The van der Waals surface area contributed by atoms with Gasteiger partial charge in [0.05, 0.1) is 0 Å². The van der Waals surface area contributed by atoms with Crippen LogP contribution in [0, 0.1) is 11.8 Å². The molecule has 0 bridgehead atoms. The van der Waals surface area contributed by atoms with Crippen LogP contribution in [-0.2, 0) is 20.8 Å². The van der Waals surface area contributed by atoms with Gasteiger partial charge in [0.25, 0.3) is 0 Å². The number of thiophene rings is 1. The van der Waals surface area contributed by atoms with E-state index >= 15 is 0 Å². The smallest absolute Gasteiger partial charge is 0.326 e. The van der Waals surface area contributed by atoms with Crippen molar-refractivity contribution < 1.29 is 19.5 Å². The highest BCUT2D eigenvalue weighted by atomic mass is 32.2. The summed E-state index contributed by atoms with van der Waals surface area (Å²) >= 11 is 2.73. The number of hydrogen-bond donors (Lipinski definition) is 1. The molecule has 2 heterocycles. The number of hydrogen-bond acceptors (Lipinski definition) is 5. The molecule has 1 aliphatic rings. The van der Waals surface area contributed by atoms with Crippen LogP contribution in [0.15, 0.2) is 16.8 Å². The van der Waals surface area contributed by atoms with Crippen molar-refractivity contribution in [2.24, 2.45) is 11.8 Å². The quantitative estimate of drug-likeness (QED) is 0.849. The Morgan fingerprint density at radius 2 is 2.22 bits per heavy atom. The van der Waals surface area contributed by atoms with Crippen molar-refractivity contribution in [2.45, 2.75) is 32.7 Å². The predicted octanol–water partition coefficient (Wildman–Crippen LogP) is 2.51. The number of aliphatic carboxylic acids is 1. The molecule has 3 atom stereocenters. The number of carboxylic acids is 1. The monoisotopic (exact) mass is 355 g/mol. The summed E-state index contributed by atoms with van der Waals surface area (Å²) in [6.07, 6.45) is 1.29. The standard InChI is InChI=1S/C16H21NO4S2/c1-10(8-23-11(2)18)15(19)17-7-13(6-14(17)16(20)21)5-12-3-4-22-9-12/h3-4,9-10,13-14H,5-8H2,1-2H3,(H,20,21)/t10?,13?,14-/m0/s1. The Balaban J connectivity index is 2.01. The molecule has 1 aromatic heterocycles. The van der Waals surface area contributed by atoms with Crippen molar-refractivity contribution in [3.05, 3.63) is 22.4 Å². The van der Waals surface area contributed by atoms with Gasteiger partial charge in [-0.25, -0.2) is 4.79 Å². The lowest BCUT2D eigenvalue weighted by molar-refractivity contribution is -0.149. The van der Waals surface area contributed by atoms with E-state index in [-0.39, 0.29) is 22.9 Å². The Labute approximate surface area is 144 Å². The van der Waals surface area contributed by atoms with Gasteiger partial charge in [-0.05, 0) is 41.1 Å². The second-order valence-corrected chi connectivity index (χ2v) is 7.96. The minimum Gasteiger partial charge on any atom is -0.480 e. The number of amides is 1. The van der Waals surface area contributed by atoms with Crippen LogP contribution < -0.4 is 0 Å².